The minimum Gasteiger partial charge on any atom is -0.384 e. The van der Waals surface area contributed by atoms with Crippen LogP contribution in [0.25, 0.3) is 0 Å². The summed E-state index contributed by atoms with van der Waals surface area (Å²) in [4.78, 5) is 27.3. The molecule has 2 heterocycles. The van der Waals surface area contributed by atoms with Crippen LogP contribution < -0.4 is 10.6 Å². The van der Waals surface area contributed by atoms with Crippen LogP contribution in [0.15, 0.2) is 75.5 Å². The molecule has 1 unspecified atom stereocenters. The van der Waals surface area contributed by atoms with Gasteiger partial charge in [0, 0.05) is 28.3 Å². The highest BCUT2D eigenvalue weighted by atomic mass is 35.5. The van der Waals surface area contributed by atoms with Crippen LogP contribution in [0.2, 0.25) is 5.02 Å². The van der Waals surface area contributed by atoms with Crippen molar-refractivity contribution in [3.8, 4) is 6.07 Å². The molecule has 7 nitrogen and oxygen atoms in total. The van der Waals surface area contributed by atoms with Gasteiger partial charge in [0.2, 0.25) is 5.13 Å². The van der Waals surface area contributed by atoms with Gasteiger partial charge in [-0.3, -0.25) is 14.5 Å². The maximum atomic E-state index is 13.6. The number of carbonyl (C=O) groups excluding carboxylic acids is 2. The Bertz CT molecular complexity index is 1490. The predicted octanol–water partition coefficient (Wildman–Crippen LogP) is 5.61. The Balaban J connectivity index is 1.47. The highest BCUT2D eigenvalue weighted by Gasteiger charge is 2.41. The monoisotopic (exact) mass is 551 g/mol. The molecule has 2 N–H and O–H groups in total. The Labute approximate surface area is 225 Å². The van der Waals surface area contributed by atoms with Gasteiger partial charge in [-0.25, -0.2) is 4.39 Å². The molecule has 0 bridgehead atoms. The van der Waals surface area contributed by atoms with E-state index < -0.39 is 11.7 Å². The maximum Gasteiger partial charge on any atom is 0.219 e. The van der Waals surface area contributed by atoms with Crippen molar-refractivity contribution in [3.63, 3.8) is 0 Å². The smallest absolute Gasteiger partial charge is 0.219 e. The molecule has 1 aliphatic heterocycles. The molecule has 0 amide bonds. The number of allylic oxidation sites excluding steroid dienone is 3. The van der Waals surface area contributed by atoms with E-state index in [2.05, 4.69) is 16.3 Å². The number of thioether (sulfide) groups is 1. The van der Waals surface area contributed by atoms with Gasteiger partial charge in [-0.2, -0.15) is 5.26 Å². The van der Waals surface area contributed by atoms with Crippen LogP contribution in [-0.2, 0) is 4.79 Å². The maximum absolute atomic E-state index is 13.6. The van der Waals surface area contributed by atoms with Gasteiger partial charge in [0.1, 0.15) is 11.6 Å². The molecule has 11 heteroatoms. The molecule has 1 atom stereocenters. The quantitative estimate of drug-likeness (QED) is 0.310. The number of rotatable bonds is 6. The third-order valence-corrected chi connectivity index (χ3v) is 8.49. The summed E-state index contributed by atoms with van der Waals surface area (Å²) in [5.74, 6) is -0.918. The second-order valence-corrected chi connectivity index (χ2v) is 11.1. The zero-order valence-corrected chi connectivity index (χ0v) is 21.7. The summed E-state index contributed by atoms with van der Waals surface area (Å²) in [5, 5.41) is 19.5. The summed E-state index contributed by atoms with van der Waals surface area (Å²) >= 11 is 8.36. The first-order valence-electron chi connectivity index (χ1n) is 11.3. The van der Waals surface area contributed by atoms with Gasteiger partial charge in [0.15, 0.2) is 15.9 Å². The molecule has 1 aromatic heterocycles. The second kappa shape index (κ2) is 10.5. The average molecular weight is 552 g/mol. The number of hydrogen-bond acceptors (Lipinski definition) is 9. The van der Waals surface area contributed by atoms with E-state index >= 15 is 0 Å². The number of halogens is 2. The van der Waals surface area contributed by atoms with Crippen LogP contribution in [0.3, 0.4) is 0 Å². The fraction of sp³-hybridized carbons (Fsp3) is 0.192. The van der Waals surface area contributed by atoms with Crippen LogP contribution in [-0.4, -0.2) is 27.5 Å². The summed E-state index contributed by atoms with van der Waals surface area (Å²) in [6, 6.07) is 14.6. The predicted molar refractivity (Wildman–Crippen MR) is 141 cm³/mol. The van der Waals surface area contributed by atoms with E-state index in [1.807, 2.05) is 0 Å². The summed E-state index contributed by atoms with van der Waals surface area (Å²) in [6.45, 7) is 0. The molecule has 0 radical (unpaired) electrons. The van der Waals surface area contributed by atoms with Gasteiger partial charge in [0.25, 0.3) is 0 Å². The number of nitriles is 1. The van der Waals surface area contributed by atoms with E-state index in [-0.39, 0.29) is 28.7 Å². The highest BCUT2D eigenvalue weighted by molar-refractivity contribution is 8.01. The first-order valence-corrected chi connectivity index (χ1v) is 13.5. The van der Waals surface area contributed by atoms with Crippen molar-refractivity contribution in [1.82, 2.24) is 10.2 Å². The third-order valence-electron chi connectivity index (χ3n) is 6.20. The lowest BCUT2D eigenvalue weighted by Crippen LogP contribution is -2.38. The topological polar surface area (TPSA) is 113 Å². The van der Waals surface area contributed by atoms with Gasteiger partial charge >= 0.3 is 0 Å². The molecule has 0 saturated carbocycles. The zero-order chi connectivity index (χ0) is 26.1. The molecular formula is C26H19ClFN5O2S2. The van der Waals surface area contributed by atoms with Crippen molar-refractivity contribution >= 4 is 51.4 Å². The van der Waals surface area contributed by atoms with E-state index in [9.17, 15) is 19.2 Å². The Hall–Kier alpha value is -3.52. The third kappa shape index (κ3) is 4.90. The molecule has 2 aliphatic rings. The van der Waals surface area contributed by atoms with Crippen molar-refractivity contribution in [2.45, 2.75) is 29.5 Å². The van der Waals surface area contributed by atoms with Crippen LogP contribution in [0.4, 0.5) is 9.52 Å². The molecule has 0 spiro atoms. The number of ketones is 2. The van der Waals surface area contributed by atoms with Crippen molar-refractivity contribution in [2.24, 2.45) is 5.73 Å². The van der Waals surface area contributed by atoms with Crippen LogP contribution in [0.1, 0.15) is 41.1 Å². The fourth-order valence-electron chi connectivity index (χ4n) is 4.49. The Kier molecular flexibility index (Phi) is 7.11. The number of benzene rings is 2. The highest BCUT2D eigenvalue weighted by Crippen LogP contribution is 2.47. The van der Waals surface area contributed by atoms with E-state index in [4.69, 9.17) is 17.3 Å². The summed E-state index contributed by atoms with van der Waals surface area (Å²) < 4.78 is 14.1. The zero-order valence-electron chi connectivity index (χ0n) is 19.3. The lowest BCUT2D eigenvalue weighted by molar-refractivity contribution is -0.116. The number of nitrogens with two attached hydrogens (primary N) is 1. The van der Waals surface area contributed by atoms with Crippen LogP contribution in [0, 0.1) is 17.1 Å². The van der Waals surface area contributed by atoms with Crippen molar-refractivity contribution in [3.05, 3.63) is 93.2 Å². The number of carbonyl (C=O) groups is 2. The molecule has 37 heavy (non-hydrogen) atoms. The van der Waals surface area contributed by atoms with Crippen molar-refractivity contribution in [1.29, 1.82) is 5.26 Å². The second-order valence-electron chi connectivity index (χ2n) is 8.44. The summed E-state index contributed by atoms with van der Waals surface area (Å²) in [7, 11) is 0. The van der Waals surface area contributed by atoms with E-state index in [1.54, 1.807) is 41.3 Å². The number of Topliss-reactive ketones (excluding diaryl/α,β-unsaturated/α-hetero) is 2. The van der Waals surface area contributed by atoms with E-state index in [1.165, 1.54) is 35.2 Å². The first kappa shape index (κ1) is 25.1. The van der Waals surface area contributed by atoms with E-state index in [0.29, 0.717) is 56.2 Å². The van der Waals surface area contributed by atoms with Gasteiger partial charge < -0.3 is 5.73 Å². The van der Waals surface area contributed by atoms with Gasteiger partial charge in [-0.05, 0) is 54.8 Å². The minimum atomic E-state index is -0.677. The van der Waals surface area contributed by atoms with Crippen molar-refractivity contribution in [2.75, 3.05) is 10.7 Å². The standard InChI is InChI=1S/C26H19ClFN5O2S2/c27-16-8-4-14(5-9-16)21(35)13-36-26-32-31-25(37-26)33-19-2-1-3-20(34)23(19)22(18(12-29)24(33)30)15-6-10-17(28)11-7-15/h4-11,22H,1-3,13,30H2. The molecule has 2 aromatic carbocycles. The fourth-order valence-corrected chi connectivity index (χ4v) is 6.39. The molecule has 0 fully saturated rings. The molecule has 5 rings (SSSR count). The van der Waals surface area contributed by atoms with Crippen LogP contribution >= 0.6 is 34.7 Å². The number of hydrogen-bond donors (Lipinski definition) is 1. The Morgan fingerprint density at radius 1 is 1.19 bits per heavy atom. The number of anilines is 1. The van der Waals surface area contributed by atoms with Crippen LogP contribution in [0.5, 0.6) is 0 Å². The molecule has 1 aliphatic carbocycles. The largest absolute Gasteiger partial charge is 0.384 e. The van der Waals surface area contributed by atoms with Gasteiger partial charge in [-0.15, -0.1) is 10.2 Å². The minimum absolute atomic E-state index is 0.0755. The number of nitrogens with zero attached hydrogens (tertiary/aromatic N) is 4. The summed E-state index contributed by atoms with van der Waals surface area (Å²) in [5.41, 5.74) is 9.04. The number of aromatic nitrogens is 2. The lowest BCUT2D eigenvalue weighted by Gasteiger charge is -2.38. The average Bonchev–Trinajstić information content (AvgIpc) is 3.36. The Morgan fingerprint density at radius 3 is 2.62 bits per heavy atom. The van der Waals surface area contributed by atoms with Gasteiger partial charge in [0.05, 0.1) is 23.3 Å². The van der Waals surface area contributed by atoms with E-state index in [0.717, 1.165) is 0 Å². The Morgan fingerprint density at radius 2 is 1.92 bits per heavy atom. The van der Waals surface area contributed by atoms with Crippen molar-refractivity contribution < 1.29 is 14.0 Å². The summed E-state index contributed by atoms with van der Waals surface area (Å²) in [6.07, 6.45) is 1.55. The molecular weight excluding hydrogens is 533 g/mol. The van der Waals surface area contributed by atoms with Gasteiger partial charge in [-0.1, -0.05) is 46.8 Å². The molecule has 3 aromatic rings. The SMILES string of the molecule is N#CC1=C(N)N(c2nnc(SCC(=O)c3ccc(Cl)cc3)s2)C2=C(C(=O)CCC2)C1c1ccc(F)cc1. The normalized spacial score (nSPS) is 17.6. The first-order chi connectivity index (χ1) is 17.9. The lowest BCUT2D eigenvalue weighted by atomic mass is 9.76. The molecule has 0 saturated heterocycles. The molecule has 186 valence electrons.